The van der Waals surface area contributed by atoms with Gasteiger partial charge in [-0.25, -0.2) is 0 Å². The number of amides is 1. The molecule has 8 nitrogen and oxygen atoms in total. The van der Waals surface area contributed by atoms with Crippen LogP contribution in [0.4, 0.5) is 0 Å². The number of piperidine rings is 1. The zero-order valence-electron chi connectivity index (χ0n) is 8.16. The summed E-state index contributed by atoms with van der Waals surface area (Å²) in [7, 11) is 0. The molecule has 4 bridgehead atoms. The minimum Gasteiger partial charge on any atom is -0.366 e. The first kappa shape index (κ1) is 9.94. The van der Waals surface area contributed by atoms with Gasteiger partial charge in [0.1, 0.15) is 0 Å². The molecule has 0 aliphatic carbocycles. The van der Waals surface area contributed by atoms with Crippen molar-refractivity contribution in [3.05, 3.63) is 10.1 Å². The molecular weight excluding hydrogens is 220 g/mol. The van der Waals surface area contributed by atoms with E-state index in [0.29, 0.717) is 0 Å². The van der Waals surface area contributed by atoms with Crippen molar-refractivity contribution < 1.29 is 24.3 Å². The highest BCUT2D eigenvalue weighted by Crippen LogP contribution is 2.42. The number of fused-ring (bicyclic) bond motifs is 6. The molecule has 5 atom stereocenters. The molecule has 3 saturated heterocycles. The summed E-state index contributed by atoms with van der Waals surface area (Å²) in [6, 6.07) is -1.37. The van der Waals surface area contributed by atoms with E-state index >= 15 is 0 Å². The highest BCUT2D eigenvalue weighted by molar-refractivity contribution is 5.82. The molecule has 2 N–H and O–H groups in total. The standard InChI is InChI=1S/C8H10N2O6/c11-6-5(10(13)14)3-1-8(12,9-6)7-15-2-4(3)16-7/h3-5,7,12H,1-2H2,(H,9,11)/t3-,4-,5+,7+,8-/m0/s1. The summed E-state index contributed by atoms with van der Waals surface area (Å²) in [6.07, 6.45) is -1.29. The van der Waals surface area contributed by atoms with Gasteiger partial charge < -0.3 is 19.9 Å². The zero-order valence-corrected chi connectivity index (χ0v) is 8.16. The van der Waals surface area contributed by atoms with E-state index in [0.717, 1.165) is 0 Å². The lowest BCUT2D eigenvalue weighted by molar-refractivity contribution is -0.526. The third-order valence-electron chi connectivity index (χ3n) is 3.37. The molecule has 3 aliphatic rings. The molecule has 0 spiro atoms. The van der Waals surface area contributed by atoms with Gasteiger partial charge in [0.2, 0.25) is 6.29 Å². The van der Waals surface area contributed by atoms with Crippen LogP contribution in [0.3, 0.4) is 0 Å². The highest BCUT2D eigenvalue weighted by Gasteiger charge is 2.63. The highest BCUT2D eigenvalue weighted by atomic mass is 16.7. The second-order valence-electron chi connectivity index (χ2n) is 4.35. The summed E-state index contributed by atoms with van der Waals surface area (Å²) in [6.45, 7) is 0.178. The fourth-order valence-electron chi connectivity index (χ4n) is 2.64. The van der Waals surface area contributed by atoms with Gasteiger partial charge in [0.05, 0.1) is 18.6 Å². The monoisotopic (exact) mass is 230 g/mol. The van der Waals surface area contributed by atoms with E-state index in [1.54, 1.807) is 0 Å². The number of carbonyl (C=O) groups excluding carboxylic acids is 1. The van der Waals surface area contributed by atoms with Crippen LogP contribution in [-0.4, -0.2) is 46.7 Å². The van der Waals surface area contributed by atoms with Crippen molar-refractivity contribution >= 4 is 5.91 Å². The Morgan fingerprint density at radius 2 is 2.38 bits per heavy atom. The molecule has 0 radical (unpaired) electrons. The smallest absolute Gasteiger partial charge is 0.297 e. The first-order valence-electron chi connectivity index (χ1n) is 4.96. The Labute approximate surface area is 89.7 Å². The zero-order chi connectivity index (χ0) is 11.5. The van der Waals surface area contributed by atoms with Crippen LogP contribution in [-0.2, 0) is 14.3 Å². The lowest BCUT2D eigenvalue weighted by Gasteiger charge is -2.44. The van der Waals surface area contributed by atoms with Crippen molar-refractivity contribution in [1.82, 2.24) is 5.32 Å². The fraction of sp³-hybridized carbons (Fsp3) is 0.875. The van der Waals surface area contributed by atoms with E-state index in [-0.39, 0.29) is 13.0 Å². The van der Waals surface area contributed by atoms with E-state index in [2.05, 4.69) is 5.32 Å². The van der Waals surface area contributed by atoms with Gasteiger partial charge in [-0.15, -0.1) is 0 Å². The van der Waals surface area contributed by atoms with Crippen LogP contribution in [0.1, 0.15) is 6.42 Å². The molecule has 3 aliphatic heterocycles. The Hall–Kier alpha value is -1.25. The lowest BCUT2D eigenvalue weighted by atomic mass is 9.80. The van der Waals surface area contributed by atoms with Gasteiger partial charge >= 0.3 is 0 Å². The van der Waals surface area contributed by atoms with Crippen LogP contribution < -0.4 is 5.32 Å². The molecule has 1 amide bonds. The van der Waals surface area contributed by atoms with Crippen molar-refractivity contribution in [2.24, 2.45) is 5.92 Å². The summed E-state index contributed by atoms with van der Waals surface area (Å²) in [4.78, 5) is 21.7. The molecule has 3 rings (SSSR count). The molecule has 0 unspecified atom stereocenters. The SMILES string of the molecule is O=C1N[C@]2(O)C[C@@H]([C@@H]3CO[C@@H]2O3)[C@H]1[N+](=O)[O-]. The number of ether oxygens (including phenoxy) is 2. The molecule has 88 valence electrons. The largest absolute Gasteiger partial charge is 0.366 e. The first-order valence-corrected chi connectivity index (χ1v) is 4.96. The summed E-state index contributed by atoms with van der Waals surface area (Å²) in [5.74, 6) is -1.40. The van der Waals surface area contributed by atoms with E-state index in [9.17, 15) is 20.0 Å². The van der Waals surface area contributed by atoms with Crippen LogP contribution in [0.5, 0.6) is 0 Å². The number of aliphatic hydroxyl groups is 1. The third-order valence-corrected chi connectivity index (χ3v) is 3.37. The second-order valence-corrected chi connectivity index (χ2v) is 4.35. The molecule has 16 heavy (non-hydrogen) atoms. The maximum absolute atomic E-state index is 11.5. The van der Waals surface area contributed by atoms with E-state index < -0.39 is 40.9 Å². The topological polar surface area (TPSA) is 111 Å². The first-order chi connectivity index (χ1) is 7.51. The van der Waals surface area contributed by atoms with Gasteiger partial charge in [0, 0.05) is 11.3 Å². The predicted molar refractivity (Wildman–Crippen MR) is 46.6 cm³/mol. The van der Waals surface area contributed by atoms with Gasteiger partial charge in [-0.2, -0.15) is 0 Å². The summed E-state index contributed by atoms with van der Waals surface area (Å²) < 4.78 is 10.5. The summed E-state index contributed by atoms with van der Waals surface area (Å²) >= 11 is 0. The Morgan fingerprint density at radius 1 is 1.62 bits per heavy atom. The van der Waals surface area contributed by atoms with Crippen LogP contribution in [0.15, 0.2) is 0 Å². The van der Waals surface area contributed by atoms with Gasteiger partial charge in [0.25, 0.3) is 11.9 Å². The minimum absolute atomic E-state index is 0.0969. The van der Waals surface area contributed by atoms with Crippen molar-refractivity contribution in [2.75, 3.05) is 6.61 Å². The van der Waals surface area contributed by atoms with Crippen LogP contribution in [0, 0.1) is 16.0 Å². The number of hydrogen-bond acceptors (Lipinski definition) is 6. The number of nitro groups is 1. The quantitative estimate of drug-likeness (QED) is 0.406. The Kier molecular flexibility index (Phi) is 1.80. The molecule has 0 aromatic heterocycles. The molecule has 3 heterocycles. The number of hydrogen-bond donors (Lipinski definition) is 2. The molecular formula is C8H10N2O6. The fourth-order valence-corrected chi connectivity index (χ4v) is 2.64. The Bertz CT molecular complexity index is 374. The summed E-state index contributed by atoms with van der Waals surface area (Å²) in [5.41, 5.74) is -1.62. The average Bonchev–Trinajstić information content (AvgIpc) is 2.60. The lowest BCUT2D eigenvalue weighted by Crippen LogP contribution is -2.70. The molecule has 0 saturated carbocycles. The van der Waals surface area contributed by atoms with E-state index in [1.165, 1.54) is 0 Å². The number of rotatable bonds is 1. The minimum atomic E-state index is -1.62. The predicted octanol–water partition coefficient (Wildman–Crippen LogP) is -1.79. The van der Waals surface area contributed by atoms with Gasteiger partial charge in [-0.3, -0.25) is 14.9 Å². The van der Waals surface area contributed by atoms with Gasteiger partial charge in [-0.05, 0) is 0 Å². The molecule has 0 aromatic rings. The molecule has 0 aromatic carbocycles. The maximum Gasteiger partial charge on any atom is 0.297 e. The number of nitrogens with zero attached hydrogens (tertiary/aromatic N) is 1. The number of carbonyl (C=O) groups is 1. The molecule has 8 heteroatoms. The summed E-state index contributed by atoms with van der Waals surface area (Å²) in [5, 5.41) is 23.1. The van der Waals surface area contributed by atoms with Crippen molar-refractivity contribution in [3.8, 4) is 0 Å². The molecule has 3 fully saturated rings. The number of nitrogens with one attached hydrogen (secondary N) is 1. The maximum atomic E-state index is 11.5. The van der Waals surface area contributed by atoms with Gasteiger partial charge in [-0.1, -0.05) is 0 Å². The van der Waals surface area contributed by atoms with Crippen molar-refractivity contribution in [3.63, 3.8) is 0 Å². The Morgan fingerprint density at radius 3 is 3.06 bits per heavy atom. The average molecular weight is 230 g/mol. The van der Waals surface area contributed by atoms with Crippen LogP contribution in [0.2, 0.25) is 0 Å². The van der Waals surface area contributed by atoms with E-state index in [4.69, 9.17) is 9.47 Å². The second kappa shape index (κ2) is 2.90. The third kappa shape index (κ3) is 1.11. The van der Waals surface area contributed by atoms with Gasteiger partial charge in [0.15, 0.2) is 5.72 Å². The van der Waals surface area contributed by atoms with Crippen LogP contribution >= 0.6 is 0 Å². The normalized spacial score (nSPS) is 49.9. The van der Waals surface area contributed by atoms with Crippen molar-refractivity contribution in [2.45, 2.75) is 30.6 Å². The Balaban J connectivity index is 1.99. The van der Waals surface area contributed by atoms with Crippen molar-refractivity contribution in [1.29, 1.82) is 0 Å². The van der Waals surface area contributed by atoms with Crippen LogP contribution in [0.25, 0.3) is 0 Å². The van der Waals surface area contributed by atoms with E-state index in [1.807, 2.05) is 0 Å².